The molecule has 4 nitrogen and oxygen atoms in total. The lowest BCUT2D eigenvalue weighted by atomic mass is 9.94. The Morgan fingerprint density at radius 2 is 1.79 bits per heavy atom. The third-order valence-electron chi connectivity index (χ3n) is 3.98. The largest absolute Gasteiger partial charge is 0.343 e. The molecule has 1 saturated heterocycles. The zero-order chi connectivity index (χ0) is 14.5. The minimum atomic E-state index is -0.394. The van der Waals surface area contributed by atoms with E-state index in [1.54, 1.807) is 0 Å². The molecular weight excluding hydrogens is 238 g/mol. The second kappa shape index (κ2) is 7.25. The van der Waals surface area contributed by atoms with Gasteiger partial charge in [-0.25, -0.2) is 0 Å². The number of nitrogens with zero attached hydrogens (tertiary/aromatic N) is 2. The Labute approximate surface area is 118 Å². The highest BCUT2D eigenvalue weighted by molar-refractivity contribution is 5.77. The van der Waals surface area contributed by atoms with Crippen molar-refractivity contribution >= 4 is 5.91 Å². The van der Waals surface area contributed by atoms with Crippen LogP contribution < -0.4 is 5.73 Å². The zero-order valence-electron chi connectivity index (χ0n) is 13.1. The fraction of sp³-hybridized carbons (Fsp3) is 0.933. The van der Waals surface area contributed by atoms with E-state index in [1.165, 1.54) is 6.54 Å². The molecule has 1 heterocycles. The van der Waals surface area contributed by atoms with Crippen molar-refractivity contribution in [2.75, 3.05) is 32.7 Å². The average Bonchev–Trinajstić information content (AvgIpc) is 2.34. The SMILES string of the molecule is CCN(CC)CC1CCN(C(=O)CC(C)(C)N)CC1. The smallest absolute Gasteiger partial charge is 0.224 e. The van der Waals surface area contributed by atoms with Crippen LogP contribution in [0.5, 0.6) is 0 Å². The van der Waals surface area contributed by atoms with Crippen LogP contribution in [0.3, 0.4) is 0 Å². The molecule has 112 valence electrons. The highest BCUT2D eigenvalue weighted by atomic mass is 16.2. The lowest BCUT2D eigenvalue weighted by Gasteiger charge is -2.35. The van der Waals surface area contributed by atoms with Gasteiger partial charge in [0, 0.05) is 31.6 Å². The van der Waals surface area contributed by atoms with Crippen LogP contribution in [0.2, 0.25) is 0 Å². The summed E-state index contributed by atoms with van der Waals surface area (Å²) in [7, 11) is 0. The fourth-order valence-electron chi connectivity index (χ4n) is 2.71. The molecule has 19 heavy (non-hydrogen) atoms. The quantitative estimate of drug-likeness (QED) is 0.798. The maximum Gasteiger partial charge on any atom is 0.224 e. The first-order valence-corrected chi connectivity index (χ1v) is 7.64. The second-order valence-corrected chi connectivity index (χ2v) is 6.48. The molecule has 0 spiro atoms. The van der Waals surface area contributed by atoms with Crippen LogP contribution in [0.4, 0.5) is 0 Å². The molecule has 1 rings (SSSR count). The first kappa shape index (κ1) is 16.4. The summed E-state index contributed by atoms with van der Waals surface area (Å²) in [6.45, 7) is 13.5. The highest BCUT2D eigenvalue weighted by Gasteiger charge is 2.26. The van der Waals surface area contributed by atoms with Gasteiger partial charge in [0.25, 0.3) is 0 Å². The van der Waals surface area contributed by atoms with E-state index in [9.17, 15) is 4.79 Å². The zero-order valence-corrected chi connectivity index (χ0v) is 13.1. The van der Waals surface area contributed by atoms with Gasteiger partial charge in [0.1, 0.15) is 0 Å². The Morgan fingerprint density at radius 3 is 2.21 bits per heavy atom. The van der Waals surface area contributed by atoms with Gasteiger partial charge in [-0.15, -0.1) is 0 Å². The molecule has 2 N–H and O–H groups in total. The summed E-state index contributed by atoms with van der Waals surface area (Å²) in [5, 5.41) is 0. The maximum absolute atomic E-state index is 12.1. The maximum atomic E-state index is 12.1. The summed E-state index contributed by atoms with van der Waals surface area (Å²) >= 11 is 0. The van der Waals surface area contributed by atoms with Gasteiger partial charge >= 0.3 is 0 Å². The van der Waals surface area contributed by atoms with Gasteiger partial charge in [-0.05, 0) is 45.7 Å². The van der Waals surface area contributed by atoms with Crippen LogP contribution >= 0.6 is 0 Å². The van der Waals surface area contributed by atoms with Crippen molar-refractivity contribution in [1.82, 2.24) is 9.80 Å². The molecule has 1 aliphatic rings. The van der Waals surface area contributed by atoms with Crippen molar-refractivity contribution in [3.63, 3.8) is 0 Å². The standard InChI is InChI=1S/C15H31N3O/c1-5-17(6-2)12-13-7-9-18(10-8-13)14(19)11-15(3,4)16/h13H,5-12,16H2,1-4H3. The van der Waals surface area contributed by atoms with Crippen LogP contribution in [-0.4, -0.2) is 54.0 Å². The molecule has 0 saturated carbocycles. The third-order valence-corrected chi connectivity index (χ3v) is 3.98. The minimum Gasteiger partial charge on any atom is -0.343 e. The Morgan fingerprint density at radius 1 is 1.26 bits per heavy atom. The predicted octanol–water partition coefficient (Wildman–Crippen LogP) is 1.69. The van der Waals surface area contributed by atoms with Crippen LogP contribution in [0.15, 0.2) is 0 Å². The summed E-state index contributed by atoms with van der Waals surface area (Å²) in [6, 6.07) is 0. The van der Waals surface area contributed by atoms with E-state index in [-0.39, 0.29) is 5.91 Å². The Bertz CT molecular complexity index is 274. The topological polar surface area (TPSA) is 49.6 Å². The number of rotatable bonds is 6. The van der Waals surface area contributed by atoms with Crippen molar-refractivity contribution in [2.24, 2.45) is 11.7 Å². The molecular formula is C15H31N3O. The van der Waals surface area contributed by atoms with Crippen LogP contribution in [0.25, 0.3) is 0 Å². The Kier molecular flexibility index (Phi) is 6.27. The monoisotopic (exact) mass is 269 g/mol. The lowest BCUT2D eigenvalue weighted by molar-refractivity contribution is -0.133. The second-order valence-electron chi connectivity index (χ2n) is 6.48. The number of hydrogen-bond donors (Lipinski definition) is 1. The lowest BCUT2D eigenvalue weighted by Crippen LogP contribution is -2.45. The first-order valence-electron chi connectivity index (χ1n) is 7.64. The van der Waals surface area contributed by atoms with Crippen molar-refractivity contribution < 1.29 is 4.79 Å². The van der Waals surface area contributed by atoms with Gasteiger partial charge in [0.05, 0.1) is 0 Å². The summed E-state index contributed by atoms with van der Waals surface area (Å²) in [6.07, 6.45) is 2.72. The van der Waals surface area contributed by atoms with Gasteiger partial charge in [0.2, 0.25) is 5.91 Å². The molecule has 0 bridgehead atoms. The number of hydrogen-bond acceptors (Lipinski definition) is 3. The molecule has 1 aliphatic heterocycles. The molecule has 0 aromatic heterocycles. The first-order chi connectivity index (χ1) is 8.85. The van der Waals surface area contributed by atoms with Crippen LogP contribution in [0, 0.1) is 5.92 Å². The van der Waals surface area contributed by atoms with E-state index < -0.39 is 5.54 Å². The summed E-state index contributed by atoms with van der Waals surface area (Å²) in [4.78, 5) is 16.6. The molecule has 4 heteroatoms. The van der Waals surface area contributed by atoms with Crippen LogP contribution in [0.1, 0.15) is 47.0 Å². The Balaban J connectivity index is 2.34. The number of piperidine rings is 1. The van der Waals surface area contributed by atoms with Gasteiger partial charge in [-0.2, -0.15) is 0 Å². The number of likely N-dealkylation sites (tertiary alicyclic amines) is 1. The number of nitrogens with two attached hydrogens (primary N) is 1. The minimum absolute atomic E-state index is 0.216. The molecule has 0 atom stereocenters. The van der Waals surface area contributed by atoms with Crippen LogP contribution in [-0.2, 0) is 4.79 Å². The summed E-state index contributed by atoms with van der Waals surface area (Å²) in [5.41, 5.74) is 5.52. The van der Waals surface area contributed by atoms with Crippen molar-refractivity contribution in [1.29, 1.82) is 0 Å². The van der Waals surface area contributed by atoms with E-state index in [0.717, 1.165) is 44.9 Å². The van der Waals surface area contributed by atoms with E-state index >= 15 is 0 Å². The average molecular weight is 269 g/mol. The Hall–Kier alpha value is -0.610. The molecule has 0 aliphatic carbocycles. The molecule has 0 unspecified atom stereocenters. The number of carbonyl (C=O) groups is 1. The molecule has 1 fully saturated rings. The number of amides is 1. The summed E-state index contributed by atoms with van der Waals surface area (Å²) < 4.78 is 0. The summed E-state index contributed by atoms with van der Waals surface area (Å²) in [5.74, 6) is 0.962. The normalized spacial score (nSPS) is 18.1. The van der Waals surface area contributed by atoms with E-state index in [2.05, 4.69) is 18.7 Å². The van der Waals surface area contributed by atoms with Gasteiger partial charge in [0.15, 0.2) is 0 Å². The van der Waals surface area contributed by atoms with Crippen molar-refractivity contribution in [3.8, 4) is 0 Å². The highest BCUT2D eigenvalue weighted by Crippen LogP contribution is 2.20. The van der Waals surface area contributed by atoms with Crippen molar-refractivity contribution in [3.05, 3.63) is 0 Å². The van der Waals surface area contributed by atoms with Crippen molar-refractivity contribution in [2.45, 2.75) is 52.5 Å². The van der Waals surface area contributed by atoms with Gasteiger partial charge in [-0.3, -0.25) is 4.79 Å². The van der Waals surface area contributed by atoms with E-state index in [0.29, 0.717) is 6.42 Å². The van der Waals surface area contributed by atoms with Gasteiger partial charge in [-0.1, -0.05) is 13.8 Å². The number of carbonyl (C=O) groups excluding carboxylic acids is 1. The molecule has 0 radical (unpaired) electrons. The van der Waals surface area contributed by atoms with Gasteiger partial charge < -0.3 is 15.5 Å². The predicted molar refractivity (Wildman–Crippen MR) is 80.0 cm³/mol. The molecule has 0 aromatic carbocycles. The fourth-order valence-corrected chi connectivity index (χ4v) is 2.71. The molecule has 1 amide bonds. The van der Waals surface area contributed by atoms with E-state index in [4.69, 9.17) is 5.73 Å². The third kappa shape index (κ3) is 5.91. The molecule has 0 aromatic rings. The van der Waals surface area contributed by atoms with E-state index in [1.807, 2.05) is 18.7 Å².